The van der Waals surface area contributed by atoms with Crippen LogP contribution in [0.5, 0.6) is 0 Å². The van der Waals surface area contributed by atoms with Gasteiger partial charge >= 0.3 is 0 Å². The molecule has 5 nitrogen and oxygen atoms in total. The highest BCUT2D eigenvalue weighted by molar-refractivity contribution is 6.16. The van der Waals surface area contributed by atoms with Gasteiger partial charge in [0.15, 0.2) is 11.6 Å². The van der Waals surface area contributed by atoms with Gasteiger partial charge in [0.1, 0.15) is 11.2 Å². The fraction of sp³-hybridized carbons (Fsp3) is 0.0816. The molecule has 258 valence electrons. The van der Waals surface area contributed by atoms with Gasteiger partial charge < -0.3 is 4.42 Å². The third-order valence-electron chi connectivity index (χ3n) is 10.4. The zero-order chi connectivity index (χ0) is 36.5. The fourth-order valence-corrected chi connectivity index (χ4v) is 8.20. The molecular weight excluding hydrogens is 661 g/mol. The summed E-state index contributed by atoms with van der Waals surface area (Å²) in [6.45, 7) is 8.47. The van der Waals surface area contributed by atoms with Gasteiger partial charge in [-0.25, -0.2) is 4.98 Å². The van der Waals surface area contributed by atoms with E-state index in [4.69, 9.17) is 19.4 Å². The lowest BCUT2D eigenvalue weighted by Crippen LogP contribution is -2.07. The molecule has 54 heavy (non-hydrogen) atoms. The average molecular weight is 697 g/mol. The van der Waals surface area contributed by atoms with Crippen LogP contribution >= 0.6 is 0 Å². The average Bonchev–Trinajstić information content (AvgIpc) is 3.73. The highest BCUT2D eigenvalue weighted by atomic mass is 16.3. The molecule has 10 rings (SSSR count). The molecule has 3 heterocycles. The first kappa shape index (κ1) is 31.9. The monoisotopic (exact) mass is 696 g/mol. The van der Waals surface area contributed by atoms with E-state index in [9.17, 15) is 0 Å². The van der Waals surface area contributed by atoms with Crippen LogP contribution in [-0.2, 0) is 0 Å². The maximum absolute atomic E-state index is 6.57. The first-order valence-electron chi connectivity index (χ1n) is 18.3. The van der Waals surface area contributed by atoms with Gasteiger partial charge in [-0.05, 0) is 87.4 Å². The zero-order valence-electron chi connectivity index (χ0n) is 30.6. The minimum Gasteiger partial charge on any atom is -0.455 e. The number of nitrogens with zero attached hydrogens (tertiary/aromatic N) is 4. The lowest BCUT2D eigenvalue weighted by atomic mass is 9.94. The van der Waals surface area contributed by atoms with E-state index < -0.39 is 0 Å². The molecule has 0 radical (unpaired) electrons. The Kier molecular flexibility index (Phi) is 7.31. The second-order valence-corrected chi connectivity index (χ2v) is 14.5. The van der Waals surface area contributed by atoms with Gasteiger partial charge in [0.05, 0.1) is 11.0 Å². The molecule has 0 amide bonds. The fourth-order valence-electron chi connectivity index (χ4n) is 8.20. The summed E-state index contributed by atoms with van der Waals surface area (Å²) < 4.78 is 8.81. The number of para-hydroxylation sites is 3. The summed E-state index contributed by atoms with van der Waals surface area (Å²) in [6.07, 6.45) is 0. The van der Waals surface area contributed by atoms with Crippen molar-refractivity contribution in [2.24, 2.45) is 0 Å². The molecule has 0 aliphatic carbocycles. The van der Waals surface area contributed by atoms with Crippen molar-refractivity contribution < 1.29 is 4.42 Å². The van der Waals surface area contributed by atoms with Gasteiger partial charge in [0.2, 0.25) is 5.95 Å². The molecular formula is C49H36N4O. The topological polar surface area (TPSA) is 56.7 Å². The number of aryl methyl sites for hydroxylation is 4. The molecule has 0 spiro atoms. The van der Waals surface area contributed by atoms with Gasteiger partial charge in [-0.1, -0.05) is 119 Å². The molecule has 0 bridgehead atoms. The molecule has 7 aromatic carbocycles. The Hall–Kier alpha value is -6.85. The molecule has 0 fully saturated rings. The van der Waals surface area contributed by atoms with E-state index in [1.54, 1.807) is 0 Å². The summed E-state index contributed by atoms with van der Waals surface area (Å²) >= 11 is 0. The normalized spacial score (nSPS) is 11.7. The van der Waals surface area contributed by atoms with Crippen molar-refractivity contribution in [1.29, 1.82) is 0 Å². The summed E-state index contributed by atoms with van der Waals surface area (Å²) in [4.78, 5) is 15.8. The molecule has 5 heteroatoms. The second-order valence-electron chi connectivity index (χ2n) is 14.5. The standard InChI is InChI=1S/C49H36N4O/c1-29-21-30(2)24-35(23-29)47-50-48(36-25-31(3)22-32(4)26-36)52-49(51-47)53-43-19-10-8-15-38(43)40-18-12-17-37(45(40)53)34-27-41(33-13-6-5-7-14-33)46-42(28-34)39-16-9-11-20-44(39)54-46/h5-28H,1-4H3. The number of rotatable bonds is 5. The minimum absolute atomic E-state index is 0.574. The molecule has 10 aromatic rings. The number of hydrogen-bond acceptors (Lipinski definition) is 4. The van der Waals surface area contributed by atoms with Crippen molar-refractivity contribution in [2.75, 3.05) is 0 Å². The molecule has 0 saturated heterocycles. The molecule has 0 atom stereocenters. The second kappa shape index (κ2) is 12.4. The van der Waals surface area contributed by atoms with Crippen LogP contribution in [-0.4, -0.2) is 19.5 Å². The van der Waals surface area contributed by atoms with E-state index in [0.29, 0.717) is 17.6 Å². The quantitative estimate of drug-likeness (QED) is 0.180. The van der Waals surface area contributed by atoms with E-state index in [0.717, 1.165) is 99.4 Å². The van der Waals surface area contributed by atoms with Crippen LogP contribution in [0.4, 0.5) is 0 Å². The highest BCUT2D eigenvalue weighted by Gasteiger charge is 2.22. The molecule has 0 N–H and O–H groups in total. The largest absolute Gasteiger partial charge is 0.455 e. The van der Waals surface area contributed by atoms with Crippen molar-refractivity contribution in [1.82, 2.24) is 19.5 Å². The number of hydrogen-bond donors (Lipinski definition) is 0. The third kappa shape index (κ3) is 5.28. The van der Waals surface area contributed by atoms with Crippen molar-refractivity contribution >= 4 is 43.7 Å². The predicted octanol–water partition coefficient (Wildman–Crippen LogP) is 12.8. The first-order chi connectivity index (χ1) is 26.4. The number of fused-ring (bicyclic) bond motifs is 6. The van der Waals surface area contributed by atoms with Crippen LogP contribution in [0.15, 0.2) is 150 Å². The maximum atomic E-state index is 6.57. The van der Waals surface area contributed by atoms with Gasteiger partial charge in [-0.3, -0.25) is 4.57 Å². The smallest absolute Gasteiger partial charge is 0.238 e. The lowest BCUT2D eigenvalue weighted by Gasteiger charge is -2.14. The Labute approximate surface area is 313 Å². The molecule has 0 saturated carbocycles. The molecule has 0 unspecified atom stereocenters. The highest BCUT2D eigenvalue weighted by Crippen LogP contribution is 2.43. The third-order valence-corrected chi connectivity index (χ3v) is 10.4. The Morgan fingerprint density at radius 2 is 1.02 bits per heavy atom. The van der Waals surface area contributed by atoms with Crippen molar-refractivity contribution in [3.8, 4) is 51.0 Å². The Morgan fingerprint density at radius 1 is 0.426 bits per heavy atom. The SMILES string of the molecule is Cc1cc(C)cc(-c2nc(-c3cc(C)cc(C)c3)nc(-n3c4ccccc4c4cccc(-c5cc(-c6ccccc6)c6oc7ccccc7c6c5)c43)n2)c1. The van der Waals surface area contributed by atoms with Crippen molar-refractivity contribution in [2.45, 2.75) is 27.7 Å². The molecule has 3 aromatic heterocycles. The lowest BCUT2D eigenvalue weighted by molar-refractivity contribution is 0.670. The molecule has 0 aliphatic heterocycles. The van der Waals surface area contributed by atoms with Gasteiger partial charge in [0, 0.05) is 43.8 Å². The summed E-state index contributed by atoms with van der Waals surface area (Å²) in [7, 11) is 0. The minimum atomic E-state index is 0.574. The number of furan rings is 1. The zero-order valence-corrected chi connectivity index (χ0v) is 30.6. The van der Waals surface area contributed by atoms with Gasteiger partial charge in [0.25, 0.3) is 0 Å². The van der Waals surface area contributed by atoms with Crippen LogP contribution in [0, 0.1) is 27.7 Å². The van der Waals surface area contributed by atoms with E-state index in [1.165, 1.54) is 0 Å². The van der Waals surface area contributed by atoms with E-state index in [-0.39, 0.29) is 0 Å². The summed E-state index contributed by atoms with van der Waals surface area (Å²) in [5.41, 5.74) is 14.7. The predicted molar refractivity (Wildman–Crippen MR) is 222 cm³/mol. The molecule has 0 aliphatic rings. The first-order valence-corrected chi connectivity index (χ1v) is 18.3. The van der Waals surface area contributed by atoms with Crippen LogP contribution in [0.1, 0.15) is 22.3 Å². The number of aromatic nitrogens is 4. The van der Waals surface area contributed by atoms with Crippen LogP contribution in [0.2, 0.25) is 0 Å². The van der Waals surface area contributed by atoms with E-state index in [2.05, 4.69) is 166 Å². The Morgan fingerprint density at radius 3 is 1.70 bits per heavy atom. The van der Waals surface area contributed by atoms with Gasteiger partial charge in [-0.2, -0.15) is 9.97 Å². The van der Waals surface area contributed by atoms with Crippen LogP contribution in [0.3, 0.4) is 0 Å². The van der Waals surface area contributed by atoms with E-state index in [1.807, 2.05) is 12.1 Å². The summed E-state index contributed by atoms with van der Waals surface area (Å²) in [5.74, 6) is 1.86. The number of benzene rings is 7. The summed E-state index contributed by atoms with van der Waals surface area (Å²) in [5, 5.41) is 4.43. The Balaban J connectivity index is 1.31. The maximum Gasteiger partial charge on any atom is 0.238 e. The van der Waals surface area contributed by atoms with Crippen LogP contribution < -0.4 is 0 Å². The van der Waals surface area contributed by atoms with Crippen LogP contribution in [0.25, 0.3) is 94.7 Å². The van der Waals surface area contributed by atoms with Gasteiger partial charge in [-0.15, -0.1) is 0 Å². The Bertz CT molecular complexity index is 2990. The summed E-state index contributed by atoms with van der Waals surface area (Å²) in [6, 6.07) is 51.5. The van der Waals surface area contributed by atoms with Crippen molar-refractivity contribution in [3.05, 3.63) is 168 Å². The van der Waals surface area contributed by atoms with E-state index >= 15 is 0 Å². The van der Waals surface area contributed by atoms with Crippen molar-refractivity contribution in [3.63, 3.8) is 0 Å².